The molecule has 3 rings (SSSR count). The SMILES string of the molecule is COc1cccc(-c2ccc(NC(=O)[C@H]3CCCN(C(=O)N(C)C)C3)cc2)c1. The first-order chi connectivity index (χ1) is 13.5. The summed E-state index contributed by atoms with van der Waals surface area (Å²) in [6.45, 7) is 1.17. The van der Waals surface area contributed by atoms with Gasteiger partial charge in [-0.15, -0.1) is 0 Å². The number of methoxy groups -OCH3 is 1. The van der Waals surface area contributed by atoms with Crippen LogP contribution in [-0.2, 0) is 4.79 Å². The zero-order valence-corrected chi connectivity index (χ0v) is 16.6. The number of hydrogen-bond acceptors (Lipinski definition) is 3. The second-order valence-electron chi connectivity index (χ2n) is 7.26. The molecule has 2 aromatic carbocycles. The first-order valence-corrected chi connectivity index (χ1v) is 9.49. The third-order valence-electron chi connectivity index (χ3n) is 5.00. The molecule has 0 bridgehead atoms. The van der Waals surface area contributed by atoms with Crippen LogP contribution in [0.15, 0.2) is 48.5 Å². The summed E-state index contributed by atoms with van der Waals surface area (Å²) >= 11 is 0. The maximum atomic E-state index is 12.7. The van der Waals surface area contributed by atoms with Crippen molar-refractivity contribution < 1.29 is 14.3 Å². The van der Waals surface area contributed by atoms with Gasteiger partial charge in [-0.3, -0.25) is 4.79 Å². The van der Waals surface area contributed by atoms with Crippen molar-refractivity contribution in [2.24, 2.45) is 5.92 Å². The van der Waals surface area contributed by atoms with Gasteiger partial charge >= 0.3 is 6.03 Å². The highest BCUT2D eigenvalue weighted by Gasteiger charge is 2.29. The zero-order chi connectivity index (χ0) is 20.1. The van der Waals surface area contributed by atoms with Crippen molar-refractivity contribution in [3.63, 3.8) is 0 Å². The van der Waals surface area contributed by atoms with E-state index in [0.717, 1.165) is 35.4 Å². The first kappa shape index (κ1) is 19.7. The van der Waals surface area contributed by atoms with E-state index in [1.165, 1.54) is 0 Å². The smallest absolute Gasteiger partial charge is 0.319 e. The molecule has 1 heterocycles. The number of carbonyl (C=O) groups excluding carboxylic acids is 2. The molecule has 1 fully saturated rings. The Hall–Kier alpha value is -3.02. The van der Waals surface area contributed by atoms with Crippen molar-refractivity contribution in [2.75, 3.05) is 39.6 Å². The number of anilines is 1. The molecule has 1 N–H and O–H groups in total. The molecule has 3 amide bonds. The van der Waals surface area contributed by atoms with Crippen LogP contribution in [0.1, 0.15) is 12.8 Å². The van der Waals surface area contributed by atoms with E-state index in [1.807, 2.05) is 48.5 Å². The summed E-state index contributed by atoms with van der Waals surface area (Å²) < 4.78 is 5.27. The first-order valence-electron chi connectivity index (χ1n) is 9.49. The molecule has 0 radical (unpaired) electrons. The number of nitrogens with one attached hydrogen (secondary N) is 1. The molecule has 0 unspecified atom stereocenters. The Morgan fingerprint density at radius 3 is 2.54 bits per heavy atom. The van der Waals surface area contributed by atoms with Crippen LogP contribution in [0.5, 0.6) is 5.75 Å². The molecule has 6 nitrogen and oxygen atoms in total. The summed E-state index contributed by atoms with van der Waals surface area (Å²) in [6.07, 6.45) is 1.64. The van der Waals surface area contributed by atoms with Crippen LogP contribution in [0.4, 0.5) is 10.5 Å². The lowest BCUT2D eigenvalue weighted by Crippen LogP contribution is -2.47. The van der Waals surface area contributed by atoms with E-state index in [2.05, 4.69) is 5.32 Å². The normalized spacial score (nSPS) is 16.4. The number of ether oxygens (including phenoxy) is 1. The lowest BCUT2D eigenvalue weighted by atomic mass is 9.97. The Bertz CT molecular complexity index is 833. The summed E-state index contributed by atoms with van der Waals surface area (Å²) in [6, 6.07) is 15.6. The van der Waals surface area contributed by atoms with E-state index >= 15 is 0 Å². The molecule has 0 aromatic heterocycles. The molecule has 6 heteroatoms. The van der Waals surface area contributed by atoms with Gasteiger partial charge in [0.2, 0.25) is 5.91 Å². The predicted molar refractivity (Wildman–Crippen MR) is 110 cm³/mol. The average molecular weight is 381 g/mol. The Balaban J connectivity index is 1.63. The van der Waals surface area contributed by atoms with Crippen LogP contribution in [0.3, 0.4) is 0 Å². The Kier molecular flexibility index (Phi) is 6.19. The molecule has 0 spiro atoms. The van der Waals surface area contributed by atoms with Gasteiger partial charge in [-0.25, -0.2) is 4.79 Å². The molecule has 2 aromatic rings. The maximum Gasteiger partial charge on any atom is 0.319 e. The van der Waals surface area contributed by atoms with E-state index in [0.29, 0.717) is 13.1 Å². The molecule has 1 aliphatic heterocycles. The van der Waals surface area contributed by atoms with Gasteiger partial charge in [0.1, 0.15) is 5.75 Å². The summed E-state index contributed by atoms with van der Waals surface area (Å²) in [5.41, 5.74) is 2.87. The van der Waals surface area contributed by atoms with E-state index in [4.69, 9.17) is 4.74 Å². The number of likely N-dealkylation sites (tertiary alicyclic amines) is 1. The van der Waals surface area contributed by atoms with Crippen molar-refractivity contribution in [1.29, 1.82) is 0 Å². The summed E-state index contributed by atoms with van der Waals surface area (Å²) in [7, 11) is 5.11. The zero-order valence-electron chi connectivity index (χ0n) is 16.6. The van der Waals surface area contributed by atoms with E-state index < -0.39 is 0 Å². The van der Waals surface area contributed by atoms with Gasteiger partial charge in [-0.1, -0.05) is 24.3 Å². The van der Waals surface area contributed by atoms with Crippen LogP contribution < -0.4 is 10.1 Å². The quantitative estimate of drug-likeness (QED) is 0.879. The highest BCUT2D eigenvalue weighted by molar-refractivity contribution is 5.93. The van der Waals surface area contributed by atoms with Crippen LogP contribution in [0.25, 0.3) is 11.1 Å². The minimum Gasteiger partial charge on any atom is -0.497 e. The number of benzene rings is 2. The van der Waals surface area contributed by atoms with E-state index in [9.17, 15) is 9.59 Å². The van der Waals surface area contributed by atoms with Gasteiger partial charge in [0, 0.05) is 32.9 Å². The summed E-state index contributed by atoms with van der Waals surface area (Å²) in [4.78, 5) is 28.1. The Labute approximate surface area is 166 Å². The van der Waals surface area contributed by atoms with Gasteiger partial charge in [-0.2, -0.15) is 0 Å². The summed E-state index contributed by atoms with van der Waals surface area (Å²) in [5, 5.41) is 2.99. The van der Waals surface area contributed by atoms with Crippen molar-refractivity contribution in [2.45, 2.75) is 12.8 Å². The largest absolute Gasteiger partial charge is 0.497 e. The van der Waals surface area contributed by atoms with E-state index in [1.54, 1.807) is 31.0 Å². The van der Waals surface area contributed by atoms with Crippen LogP contribution in [0, 0.1) is 5.92 Å². The molecular formula is C22H27N3O3. The van der Waals surface area contributed by atoms with Crippen molar-refractivity contribution in [3.05, 3.63) is 48.5 Å². The molecule has 0 aliphatic carbocycles. The van der Waals surface area contributed by atoms with Gasteiger partial charge in [-0.05, 0) is 48.2 Å². The third kappa shape index (κ3) is 4.63. The molecule has 148 valence electrons. The molecular weight excluding hydrogens is 354 g/mol. The van der Waals surface area contributed by atoms with Gasteiger partial charge < -0.3 is 19.9 Å². The van der Waals surface area contributed by atoms with Gasteiger partial charge in [0.05, 0.1) is 13.0 Å². The lowest BCUT2D eigenvalue weighted by molar-refractivity contribution is -0.121. The van der Waals surface area contributed by atoms with Crippen LogP contribution in [0.2, 0.25) is 0 Å². The maximum absolute atomic E-state index is 12.7. The monoisotopic (exact) mass is 381 g/mol. The molecule has 1 saturated heterocycles. The van der Waals surface area contributed by atoms with Crippen molar-refractivity contribution >= 4 is 17.6 Å². The van der Waals surface area contributed by atoms with Gasteiger partial charge in [0.25, 0.3) is 0 Å². The molecule has 1 atom stereocenters. The Morgan fingerprint density at radius 1 is 1.11 bits per heavy atom. The fourth-order valence-electron chi connectivity index (χ4n) is 3.44. The number of piperidine rings is 1. The van der Waals surface area contributed by atoms with Crippen LogP contribution >= 0.6 is 0 Å². The number of rotatable bonds is 4. The van der Waals surface area contributed by atoms with E-state index in [-0.39, 0.29) is 17.9 Å². The molecule has 0 saturated carbocycles. The lowest BCUT2D eigenvalue weighted by Gasteiger charge is -2.33. The number of carbonyl (C=O) groups is 2. The summed E-state index contributed by atoms with van der Waals surface area (Å²) in [5.74, 6) is 0.588. The Morgan fingerprint density at radius 2 is 1.86 bits per heavy atom. The highest BCUT2D eigenvalue weighted by atomic mass is 16.5. The number of nitrogens with zero attached hydrogens (tertiary/aromatic N) is 2. The third-order valence-corrected chi connectivity index (χ3v) is 5.00. The minimum atomic E-state index is -0.185. The average Bonchev–Trinajstić information content (AvgIpc) is 2.73. The predicted octanol–water partition coefficient (Wildman–Crippen LogP) is 3.69. The fraction of sp³-hybridized carbons (Fsp3) is 0.364. The number of amides is 3. The highest BCUT2D eigenvalue weighted by Crippen LogP contribution is 2.26. The van der Waals surface area contributed by atoms with Crippen molar-refractivity contribution in [1.82, 2.24) is 9.80 Å². The standard InChI is InChI=1S/C22H27N3O3/c1-24(2)22(27)25-13-5-7-18(15-25)21(26)23-19-11-9-16(10-12-19)17-6-4-8-20(14-17)28-3/h4,6,8-12,14,18H,5,7,13,15H2,1-3H3,(H,23,26)/t18-/m0/s1. The van der Waals surface area contributed by atoms with Gasteiger partial charge in [0.15, 0.2) is 0 Å². The number of urea groups is 1. The second kappa shape index (κ2) is 8.78. The fourth-order valence-corrected chi connectivity index (χ4v) is 3.44. The van der Waals surface area contributed by atoms with Crippen LogP contribution in [-0.4, -0.2) is 56.0 Å². The molecule has 1 aliphatic rings. The topological polar surface area (TPSA) is 61.9 Å². The van der Waals surface area contributed by atoms with Crippen molar-refractivity contribution in [3.8, 4) is 16.9 Å². The second-order valence-corrected chi connectivity index (χ2v) is 7.26. The molecule has 28 heavy (non-hydrogen) atoms. The number of hydrogen-bond donors (Lipinski definition) is 1. The minimum absolute atomic E-state index is 0.0367.